The Bertz CT molecular complexity index is 206. The maximum atomic E-state index is 6.23. The van der Waals surface area contributed by atoms with Crippen LogP contribution in [0.5, 0.6) is 0 Å². The highest BCUT2D eigenvalue weighted by atomic mass is 32.2. The van der Waals surface area contributed by atoms with E-state index in [2.05, 4.69) is 27.7 Å². The summed E-state index contributed by atoms with van der Waals surface area (Å²) in [6, 6.07) is 0. The third-order valence-electron chi connectivity index (χ3n) is 3.23. The zero-order valence-electron chi connectivity index (χ0n) is 10.6. The fraction of sp³-hybridized carbons (Fsp3) is 1.00. The Morgan fingerprint density at radius 1 is 1.33 bits per heavy atom. The van der Waals surface area contributed by atoms with Crippen molar-refractivity contribution in [3.05, 3.63) is 0 Å². The third kappa shape index (κ3) is 3.36. The first-order valence-corrected chi connectivity index (χ1v) is 6.98. The summed E-state index contributed by atoms with van der Waals surface area (Å²) in [6.45, 7) is 8.71. The number of ether oxygens (including phenoxy) is 1. The van der Waals surface area contributed by atoms with Crippen LogP contribution < -0.4 is 0 Å². The Balaban J connectivity index is 2.70. The number of hydrogen-bond donors (Lipinski definition) is 0. The van der Waals surface area contributed by atoms with Gasteiger partial charge in [-0.1, -0.05) is 6.92 Å². The first-order chi connectivity index (χ1) is 6.93. The van der Waals surface area contributed by atoms with E-state index in [9.17, 15) is 0 Å². The van der Waals surface area contributed by atoms with Crippen LogP contribution in [0, 0.1) is 0 Å². The monoisotopic (exact) mass is 232 g/mol. The molecule has 2 unspecified atom stereocenters. The molecule has 15 heavy (non-hydrogen) atoms. The highest BCUT2D eigenvalue weighted by Crippen LogP contribution is 2.39. The van der Waals surface area contributed by atoms with Crippen molar-refractivity contribution >= 4 is 12.0 Å². The topological polar surface area (TPSA) is 18.5 Å². The minimum absolute atomic E-state index is 0.00217. The molecule has 0 saturated carbocycles. The molecule has 3 heteroatoms. The number of hydrogen-bond acceptors (Lipinski definition) is 3. The molecule has 1 heterocycles. The molecule has 90 valence electrons. The van der Waals surface area contributed by atoms with E-state index in [-0.39, 0.29) is 17.3 Å². The van der Waals surface area contributed by atoms with Crippen molar-refractivity contribution in [1.29, 1.82) is 0 Å². The highest BCUT2D eigenvalue weighted by molar-refractivity contribution is 7.93. The van der Waals surface area contributed by atoms with Gasteiger partial charge in [0.05, 0.1) is 11.2 Å². The Morgan fingerprint density at radius 3 is 2.47 bits per heavy atom. The lowest BCUT2D eigenvalue weighted by molar-refractivity contribution is -0.200. The zero-order valence-corrected chi connectivity index (χ0v) is 11.4. The predicted octanol–water partition coefficient (Wildman–Crippen LogP) is 3.80. The summed E-state index contributed by atoms with van der Waals surface area (Å²) in [4.78, 5) is 0. The molecule has 0 spiro atoms. The van der Waals surface area contributed by atoms with Crippen LogP contribution in [0.2, 0.25) is 0 Å². The van der Waals surface area contributed by atoms with E-state index in [1.54, 1.807) is 0 Å². The molecule has 1 saturated heterocycles. The van der Waals surface area contributed by atoms with Crippen LogP contribution in [0.15, 0.2) is 0 Å². The van der Waals surface area contributed by atoms with Crippen molar-refractivity contribution in [3.8, 4) is 0 Å². The average Bonchev–Trinajstić information content (AvgIpc) is 2.11. The van der Waals surface area contributed by atoms with Gasteiger partial charge in [-0.25, -0.2) is 0 Å². The van der Waals surface area contributed by atoms with Crippen molar-refractivity contribution in [2.75, 3.05) is 6.26 Å². The van der Waals surface area contributed by atoms with Crippen molar-refractivity contribution < 1.29 is 8.92 Å². The van der Waals surface area contributed by atoms with E-state index in [1.807, 2.05) is 6.26 Å². The highest BCUT2D eigenvalue weighted by Gasteiger charge is 2.43. The van der Waals surface area contributed by atoms with Crippen molar-refractivity contribution in [1.82, 2.24) is 0 Å². The smallest absolute Gasteiger partial charge is 0.101 e. The summed E-state index contributed by atoms with van der Waals surface area (Å²) in [5.41, 5.74) is -0.109. The van der Waals surface area contributed by atoms with Gasteiger partial charge in [0.15, 0.2) is 0 Å². The van der Waals surface area contributed by atoms with Crippen LogP contribution >= 0.6 is 12.0 Å². The summed E-state index contributed by atoms with van der Waals surface area (Å²) in [6.07, 6.45) is 6.67. The maximum Gasteiger partial charge on any atom is 0.101 e. The molecule has 1 aliphatic heterocycles. The van der Waals surface area contributed by atoms with Crippen LogP contribution in [-0.4, -0.2) is 23.6 Å². The summed E-state index contributed by atoms with van der Waals surface area (Å²) in [5.74, 6) is 0. The second-order valence-electron chi connectivity index (χ2n) is 5.19. The Morgan fingerprint density at radius 2 is 2.00 bits per heavy atom. The fourth-order valence-electron chi connectivity index (χ4n) is 2.54. The Kier molecular flexibility index (Phi) is 4.50. The predicted molar refractivity (Wildman–Crippen MR) is 66.1 cm³/mol. The van der Waals surface area contributed by atoms with Gasteiger partial charge in [-0.2, -0.15) is 0 Å². The van der Waals surface area contributed by atoms with Gasteiger partial charge >= 0.3 is 0 Å². The van der Waals surface area contributed by atoms with E-state index < -0.39 is 0 Å². The lowest BCUT2D eigenvalue weighted by Crippen LogP contribution is -2.51. The minimum Gasteiger partial charge on any atom is -0.367 e. The molecule has 0 aromatic heterocycles. The molecule has 0 bridgehead atoms. The van der Waals surface area contributed by atoms with Crippen molar-refractivity contribution in [2.45, 2.75) is 70.7 Å². The van der Waals surface area contributed by atoms with Gasteiger partial charge < -0.3 is 8.92 Å². The molecule has 1 fully saturated rings. The third-order valence-corrected chi connectivity index (χ3v) is 3.65. The van der Waals surface area contributed by atoms with Crippen LogP contribution in [0.3, 0.4) is 0 Å². The van der Waals surface area contributed by atoms with Gasteiger partial charge in [0.2, 0.25) is 0 Å². The molecule has 1 rings (SSSR count). The van der Waals surface area contributed by atoms with E-state index >= 15 is 0 Å². The first-order valence-electron chi connectivity index (χ1n) is 5.83. The summed E-state index contributed by atoms with van der Waals surface area (Å²) in [5, 5.41) is 0. The Hall–Kier alpha value is 0.270. The van der Waals surface area contributed by atoms with Gasteiger partial charge in [0, 0.05) is 6.26 Å². The molecule has 2 nitrogen and oxygen atoms in total. The lowest BCUT2D eigenvalue weighted by atomic mass is 9.83. The van der Waals surface area contributed by atoms with E-state index in [4.69, 9.17) is 8.92 Å². The molecular formula is C12H24O2S. The van der Waals surface area contributed by atoms with Gasteiger partial charge in [-0.05, 0) is 58.5 Å². The second kappa shape index (κ2) is 5.07. The van der Waals surface area contributed by atoms with Gasteiger partial charge in [0.25, 0.3) is 0 Å². The summed E-state index contributed by atoms with van der Waals surface area (Å²) < 4.78 is 11.9. The first kappa shape index (κ1) is 13.3. The van der Waals surface area contributed by atoms with Crippen LogP contribution in [0.4, 0.5) is 0 Å². The molecule has 0 aromatic rings. The molecule has 0 aliphatic carbocycles. The fourth-order valence-corrected chi connectivity index (χ4v) is 3.11. The lowest BCUT2D eigenvalue weighted by Gasteiger charge is -2.46. The normalized spacial score (nSPS) is 32.6. The molecule has 0 aromatic carbocycles. The van der Waals surface area contributed by atoms with Crippen LogP contribution in [0.1, 0.15) is 53.4 Å². The molecule has 0 amide bonds. The van der Waals surface area contributed by atoms with Crippen LogP contribution in [-0.2, 0) is 8.92 Å². The second-order valence-corrected chi connectivity index (χ2v) is 5.71. The van der Waals surface area contributed by atoms with E-state index in [0.29, 0.717) is 0 Å². The number of rotatable bonds is 4. The maximum absolute atomic E-state index is 6.23. The molecule has 2 atom stereocenters. The summed E-state index contributed by atoms with van der Waals surface area (Å²) in [7, 11) is 0. The largest absolute Gasteiger partial charge is 0.367 e. The average molecular weight is 232 g/mol. The molecule has 0 radical (unpaired) electrons. The standard InChI is InChI=1S/C12H24O2S/c1-6-10(13-15-5)12(4)9-7-8-11(2,3)14-12/h10H,6-9H2,1-5H3. The quantitative estimate of drug-likeness (QED) is 0.687. The van der Waals surface area contributed by atoms with Crippen molar-refractivity contribution in [2.24, 2.45) is 0 Å². The Labute approximate surface area is 98.3 Å². The molecule has 1 aliphatic rings. The molecule has 0 N–H and O–H groups in total. The molecular weight excluding hydrogens is 208 g/mol. The van der Waals surface area contributed by atoms with Crippen molar-refractivity contribution in [3.63, 3.8) is 0 Å². The van der Waals surface area contributed by atoms with Gasteiger partial charge in [-0.15, -0.1) is 0 Å². The van der Waals surface area contributed by atoms with E-state index in [1.165, 1.54) is 18.5 Å². The zero-order chi connectivity index (χ0) is 11.5. The summed E-state index contributed by atoms with van der Waals surface area (Å²) >= 11 is 1.45. The SMILES string of the molecule is CCC(OSC)C1(C)CCCC(C)(C)O1. The van der Waals surface area contributed by atoms with E-state index in [0.717, 1.165) is 19.3 Å². The van der Waals surface area contributed by atoms with Crippen LogP contribution in [0.25, 0.3) is 0 Å². The van der Waals surface area contributed by atoms with Gasteiger partial charge in [-0.3, -0.25) is 0 Å². The van der Waals surface area contributed by atoms with Gasteiger partial charge in [0.1, 0.15) is 6.10 Å². The minimum atomic E-state index is -0.112.